The van der Waals surface area contributed by atoms with Crippen molar-refractivity contribution in [2.45, 2.75) is 26.3 Å². The number of hydrogen-bond acceptors (Lipinski definition) is 3. The number of piperazine rings is 1. The Bertz CT molecular complexity index is 148. The van der Waals surface area contributed by atoms with Crippen LogP contribution < -0.4 is 5.32 Å². The molecule has 0 aromatic carbocycles. The number of hydrogen-bond donors (Lipinski definition) is 1. The predicted octanol–water partition coefficient (Wildman–Crippen LogP) is 1.42. The van der Waals surface area contributed by atoms with Crippen molar-refractivity contribution in [2.75, 3.05) is 37.7 Å². The zero-order valence-corrected chi connectivity index (χ0v) is 9.91. The zero-order chi connectivity index (χ0) is 9.73. The van der Waals surface area contributed by atoms with Crippen molar-refractivity contribution in [3.63, 3.8) is 0 Å². The van der Waals surface area contributed by atoms with Crippen LogP contribution >= 0.6 is 11.8 Å². The summed E-state index contributed by atoms with van der Waals surface area (Å²) < 4.78 is 0. The molecule has 0 radical (unpaired) electrons. The van der Waals surface area contributed by atoms with Crippen LogP contribution in [0.3, 0.4) is 0 Å². The van der Waals surface area contributed by atoms with Gasteiger partial charge in [-0.25, -0.2) is 0 Å². The molecule has 0 atom stereocenters. The number of thioether (sulfide) groups is 1. The number of rotatable bonds is 4. The molecule has 0 aliphatic carbocycles. The summed E-state index contributed by atoms with van der Waals surface area (Å²) in [5.74, 6) is 2.53. The third-order valence-electron chi connectivity index (χ3n) is 2.41. The summed E-state index contributed by atoms with van der Waals surface area (Å²) in [6.45, 7) is 11.6. The first-order valence-corrected chi connectivity index (χ1v) is 6.34. The van der Waals surface area contributed by atoms with E-state index in [9.17, 15) is 0 Å². The summed E-state index contributed by atoms with van der Waals surface area (Å²) in [4.78, 5) is 2.57. The average molecular weight is 202 g/mol. The Morgan fingerprint density at radius 2 is 2.23 bits per heavy atom. The first kappa shape index (κ1) is 11.3. The molecule has 0 amide bonds. The predicted molar refractivity (Wildman–Crippen MR) is 61.5 cm³/mol. The smallest absolute Gasteiger partial charge is 0.0252 e. The molecule has 3 heteroatoms. The molecule has 78 valence electrons. The van der Waals surface area contributed by atoms with Crippen LogP contribution in [0.1, 0.15) is 20.8 Å². The molecule has 1 aliphatic rings. The Kier molecular flexibility index (Phi) is 4.56. The summed E-state index contributed by atoms with van der Waals surface area (Å²) in [6, 6.07) is 0. The van der Waals surface area contributed by atoms with Gasteiger partial charge in [0.15, 0.2) is 0 Å². The van der Waals surface area contributed by atoms with E-state index in [1.807, 2.05) is 11.8 Å². The fourth-order valence-electron chi connectivity index (χ4n) is 1.78. The highest BCUT2D eigenvalue weighted by atomic mass is 32.2. The number of nitrogens with one attached hydrogen (secondary N) is 1. The van der Waals surface area contributed by atoms with E-state index in [2.05, 4.69) is 31.0 Å². The lowest BCUT2D eigenvalue weighted by atomic mass is 10.0. The Morgan fingerprint density at radius 3 is 2.85 bits per heavy atom. The maximum atomic E-state index is 3.53. The van der Waals surface area contributed by atoms with Gasteiger partial charge in [-0.15, -0.1) is 0 Å². The highest BCUT2D eigenvalue weighted by molar-refractivity contribution is 7.99. The van der Waals surface area contributed by atoms with Gasteiger partial charge in [0.2, 0.25) is 0 Å². The van der Waals surface area contributed by atoms with E-state index in [-0.39, 0.29) is 0 Å². The van der Waals surface area contributed by atoms with E-state index in [1.165, 1.54) is 31.1 Å². The van der Waals surface area contributed by atoms with E-state index >= 15 is 0 Å². The Balaban J connectivity index is 2.19. The van der Waals surface area contributed by atoms with Gasteiger partial charge in [-0.2, -0.15) is 11.8 Å². The molecule has 1 fully saturated rings. The molecule has 0 unspecified atom stereocenters. The highest BCUT2D eigenvalue weighted by Crippen LogP contribution is 2.10. The van der Waals surface area contributed by atoms with Crippen molar-refractivity contribution in [3.05, 3.63) is 0 Å². The standard InChI is InChI=1S/C10H22N2S/c1-4-13-8-7-12-6-5-11-10(2,3)9-12/h11H,4-9H2,1-3H3. The van der Waals surface area contributed by atoms with Crippen molar-refractivity contribution in [1.82, 2.24) is 10.2 Å². The third-order valence-corrected chi connectivity index (χ3v) is 3.29. The second kappa shape index (κ2) is 5.23. The molecule has 0 saturated carbocycles. The van der Waals surface area contributed by atoms with Crippen molar-refractivity contribution < 1.29 is 0 Å². The van der Waals surface area contributed by atoms with Crippen LogP contribution in [0.2, 0.25) is 0 Å². The minimum Gasteiger partial charge on any atom is -0.309 e. The van der Waals surface area contributed by atoms with Gasteiger partial charge in [0, 0.05) is 37.5 Å². The van der Waals surface area contributed by atoms with Gasteiger partial charge in [-0.1, -0.05) is 6.92 Å². The van der Waals surface area contributed by atoms with Crippen LogP contribution in [0, 0.1) is 0 Å². The monoisotopic (exact) mass is 202 g/mol. The fraction of sp³-hybridized carbons (Fsp3) is 1.00. The summed E-state index contributed by atoms with van der Waals surface area (Å²) in [6.07, 6.45) is 0. The molecule has 13 heavy (non-hydrogen) atoms. The summed E-state index contributed by atoms with van der Waals surface area (Å²) in [7, 11) is 0. The first-order chi connectivity index (χ1) is 6.14. The lowest BCUT2D eigenvalue weighted by molar-refractivity contribution is 0.163. The maximum absolute atomic E-state index is 3.53. The first-order valence-electron chi connectivity index (χ1n) is 5.19. The molecule has 1 heterocycles. The van der Waals surface area contributed by atoms with Gasteiger partial charge in [-0.05, 0) is 19.6 Å². The lowest BCUT2D eigenvalue weighted by Crippen LogP contribution is -2.57. The van der Waals surface area contributed by atoms with E-state index in [1.54, 1.807) is 0 Å². The van der Waals surface area contributed by atoms with E-state index < -0.39 is 0 Å². The quantitative estimate of drug-likeness (QED) is 0.694. The Morgan fingerprint density at radius 1 is 1.46 bits per heavy atom. The van der Waals surface area contributed by atoms with Crippen molar-refractivity contribution in [1.29, 1.82) is 0 Å². The Hall–Kier alpha value is 0.270. The van der Waals surface area contributed by atoms with Gasteiger partial charge in [-0.3, -0.25) is 4.90 Å². The van der Waals surface area contributed by atoms with Crippen molar-refractivity contribution in [2.24, 2.45) is 0 Å². The van der Waals surface area contributed by atoms with Crippen molar-refractivity contribution >= 4 is 11.8 Å². The van der Waals surface area contributed by atoms with E-state index in [0.717, 1.165) is 6.54 Å². The SMILES string of the molecule is CCSCCN1CCNC(C)(C)C1. The van der Waals surface area contributed by atoms with Crippen LogP contribution in [0.25, 0.3) is 0 Å². The Labute approximate surface area is 86.5 Å². The van der Waals surface area contributed by atoms with Gasteiger partial charge in [0.05, 0.1) is 0 Å². The topological polar surface area (TPSA) is 15.3 Å². The van der Waals surface area contributed by atoms with Crippen molar-refractivity contribution in [3.8, 4) is 0 Å². The molecule has 1 N–H and O–H groups in total. The second-order valence-electron chi connectivity index (χ2n) is 4.28. The molecule has 0 bridgehead atoms. The largest absolute Gasteiger partial charge is 0.309 e. The van der Waals surface area contributed by atoms with Crippen LogP contribution in [0.5, 0.6) is 0 Å². The zero-order valence-electron chi connectivity index (χ0n) is 9.10. The molecule has 1 aliphatic heterocycles. The van der Waals surface area contributed by atoms with Crippen LogP contribution in [-0.4, -0.2) is 48.1 Å². The van der Waals surface area contributed by atoms with Gasteiger partial charge < -0.3 is 5.32 Å². The fourth-order valence-corrected chi connectivity index (χ4v) is 2.45. The minimum absolute atomic E-state index is 0.315. The molecular formula is C10H22N2S. The average Bonchev–Trinajstić information content (AvgIpc) is 2.03. The summed E-state index contributed by atoms with van der Waals surface area (Å²) in [5, 5.41) is 3.53. The number of nitrogens with zero attached hydrogens (tertiary/aromatic N) is 1. The maximum Gasteiger partial charge on any atom is 0.0252 e. The molecule has 1 saturated heterocycles. The van der Waals surface area contributed by atoms with Gasteiger partial charge >= 0.3 is 0 Å². The highest BCUT2D eigenvalue weighted by Gasteiger charge is 2.24. The van der Waals surface area contributed by atoms with Crippen LogP contribution in [-0.2, 0) is 0 Å². The lowest BCUT2D eigenvalue weighted by Gasteiger charge is -2.39. The van der Waals surface area contributed by atoms with E-state index in [4.69, 9.17) is 0 Å². The van der Waals surface area contributed by atoms with Crippen LogP contribution in [0.15, 0.2) is 0 Å². The van der Waals surface area contributed by atoms with Crippen LogP contribution in [0.4, 0.5) is 0 Å². The minimum atomic E-state index is 0.315. The normalized spacial score (nSPS) is 23.3. The summed E-state index contributed by atoms with van der Waals surface area (Å²) in [5.41, 5.74) is 0.315. The second-order valence-corrected chi connectivity index (χ2v) is 5.68. The molecule has 2 nitrogen and oxygen atoms in total. The molecular weight excluding hydrogens is 180 g/mol. The van der Waals surface area contributed by atoms with Gasteiger partial charge in [0.1, 0.15) is 0 Å². The third kappa shape index (κ3) is 4.34. The van der Waals surface area contributed by atoms with Gasteiger partial charge in [0.25, 0.3) is 0 Å². The molecule has 0 aromatic heterocycles. The molecule has 1 rings (SSSR count). The molecule has 0 aromatic rings. The molecule has 0 spiro atoms. The van der Waals surface area contributed by atoms with E-state index in [0.29, 0.717) is 5.54 Å². The summed E-state index contributed by atoms with van der Waals surface area (Å²) >= 11 is 2.04.